The standard InChI is InChI=1S/C12H20N4O/c1-15(2)8-7-14-12(17)10-5-6-13-11(9-10)16(3)4/h5-6,9H,7-8H2,1-4H3,(H,14,17). The molecule has 0 radical (unpaired) electrons. The summed E-state index contributed by atoms with van der Waals surface area (Å²) in [6.45, 7) is 1.48. The molecule has 0 atom stereocenters. The predicted molar refractivity (Wildman–Crippen MR) is 69.5 cm³/mol. The largest absolute Gasteiger partial charge is 0.363 e. The fourth-order valence-electron chi connectivity index (χ4n) is 1.30. The summed E-state index contributed by atoms with van der Waals surface area (Å²) in [5.41, 5.74) is 0.641. The number of hydrogen-bond donors (Lipinski definition) is 1. The minimum Gasteiger partial charge on any atom is -0.363 e. The zero-order chi connectivity index (χ0) is 12.8. The third-order valence-electron chi connectivity index (χ3n) is 2.31. The van der Waals surface area contributed by atoms with Crippen LogP contribution < -0.4 is 10.2 Å². The Morgan fingerprint density at radius 3 is 2.65 bits per heavy atom. The Hall–Kier alpha value is -1.62. The third kappa shape index (κ3) is 4.40. The Labute approximate surface area is 102 Å². The van der Waals surface area contributed by atoms with Crippen molar-refractivity contribution >= 4 is 11.7 Å². The van der Waals surface area contributed by atoms with Gasteiger partial charge in [0.25, 0.3) is 5.91 Å². The predicted octanol–water partition coefficient (Wildman–Crippen LogP) is 0.439. The lowest BCUT2D eigenvalue weighted by Crippen LogP contribution is -2.31. The first-order valence-corrected chi connectivity index (χ1v) is 5.57. The first kappa shape index (κ1) is 13.4. The minimum atomic E-state index is -0.0580. The maximum atomic E-state index is 11.8. The van der Waals surface area contributed by atoms with Crippen LogP contribution in [0, 0.1) is 0 Å². The van der Waals surface area contributed by atoms with Gasteiger partial charge in [0.1, 0.15) is 5.82 Å². The second-order valence-corrected chi connectivity index (χ2v) is 4.36. The van der Waals surface area contributed by atoms with E-state index in [1.165, 1.54) is 0 Å². The monoisotopic (exact) mass is 236 g/mol. The average Bonchev–Trinajstić information content (AvgIpc) is 2.28. The maximum absolute atomic E-state index is 11.8. The second kappa shape index (κ2) is 6.20. The van der Waals surface area contributed by atoms with Gasteiger partial charge < -0.3 is 15.1 Å². The van der Waals surface area contributed by atoms with Crippen molar-refractivity contribution in [2.45, 2.75) is 0 Å². The van der Waals surface area contributed by atoms with Crippen molar-refractivity contribution in [3.05, 3.63) is 23.9 Å². The molecule has 5 nitrogen and oxygen atoms in total. The molecule has 1 N–H and O–H groups in total. The van der Waals surface area contributed by atoms with E-state index in [9.17, 15) is 4.79 Å². The number of carbonyl (C=O) groups is 1. The highest BCUT2D eigenvalue weighted by Crippen LogP contribution is 2.09. The molecule has 0 aliphatic heterocycles. The molecule has 1 amide bonds. The van der Waals surface area contributed by atoms with Gasteiger partial charge in [0, 0.05) is 38.9 Å². The van der Waals surface area contributed by atoms with E-state index in [1.54, 1.807) is 18.3 Å². The molecule has 1 aromatic heterocycles. The summed E-state index contributed by atoms with van der Waals surface area (Å²) >= 11 is 0. The first-order valence-electron chi connectivity index (χ1n) is 5.57. The molecule has 5 heteroatoms. The smallest absolute Gasteiger partial charge is 0.251 e. The molecule has 0 fully saturated rings. The van der Waals surface area contributed by atoms with Gasteiger partial charge in [-0.05, 0) is 26.2 Å². The van der Waals surface area contributed by atoms with Gasteiger partial charge in [0.2, 0.25) is 0 Å². The molecular weight excluding hydrogens is 216 g/mol. The number of rotatable bonds is 5. The van der Waals surface area contributed by atoms with Gasteiger partial charge in [-0.1, -0.05) is 0 Å². The van der Waals surface area contributed by atoms with Gasteiger partial charge in [-0.15, -0.1) is 0 Å². The zero-order valence-electron chi connectivity index (χ0n) is 10.9. The van der Waals surface area contributed by atoms with Crippen molar-refractivity contribution in [1.29, 1.82) is 0 Å². The third-order valence-corrected chi connectivity index (χ3v) is 2.31. The molecule has 94 valence electrons. The van der Waals surface area contributed by atoms with Gasteiger partial charge in [-0.3, -0.25) is 4.79 Å². The summed E-state index contributed by atoms with van der Waals surface area (Å²) in [4.78, 5) is 19.9. The lowest BCUT2D eigenvalue weighted by Gasteiger charge is -2.13. The second-order valence-electron chi connectivity index (χ2n) is 4.36. The van der Waals surface area contributed by atoms with Crippen LogP contribution in [0.3, 0.4) is 0 Å². The van der Waals surface area contributed by atoms with Crippen molar-refractivity contribution in [3.8, 4) is 0 Å². The van der Waals surface area contributed by atoms with Crippen molar-refractivity contribution < 1.29 is 4.79 Å². The lowest BCUT2D eigenvalue weighted by molar-refractivity contribution is 0.0951. The molecule has 0 bridgehead atoms. The molecule has 1 heterocycles. The lowest BCUT2D eigenvalue weighted by atomic mass is 10.2. The molecule has 0 aromatic carbocycles. The Bertz CT molecular complexity index is 377. The van der Waals surface area contributed by atoms with Crippen molar-refractivity contribution in [1.82, 2.24) is 15.2 Å². The van der Waals surface area contributed by atoms with Crippen LogP contribution in [0.1, 0.15) is 10.4 Å². The summed E-state index contributed by atoms with van der Waals surface area (Å²) in [5, 5.41) is 2.87. The molecule has 0 spiro atoms. The highest BCUT2D eigenvalue weighted by molar-refractivity contribution is 5.94. The fraction of sp³-hybridized carbons (Fsp3) is 0.500. The van der Waals surface area contributed by atoms with E-state index < -0.39 is 0 Å². The highest BCUT2D eigenvalue weighted by Gasteiger charge is 2.07. The van der Waals surface area contributed by atoms with E-state index in [4.69, 9.17) is 0 Å². The maximum Gasteiger partial charge on any atom is 0.251 e. The van der Waals surface area contributed by atoms with Crippen LogP contribution in [0.25, 0.3) is 0 Å². The quantitative estimate of drug-likeness (QED) is 0.806. The topological polar surface area (TPSA) is 48.5 Å². The van der Waals surface area contributed by atoms with Crippen LogP contribution in [0.4, 0.5) is 5.82 Å². The molecule has 0 saturated carbocycles. The van der Waals surface area contributed by atoms with Gasteiger partial charge >= 0.3 is 0 Å². The van der Waals surface area contributed by atoms with E-state index in [0.29, 0.717) is 12.1 Å². The number of amides is 1. The Balaban J connectivity index is 2.59. The first-order chi connectivity index (χ1) is 8.00. The van der Waals surface area contributed by atoms with Crippen LogP contribution in [0.2, 0.25) is 0 Å². The van der Waals surface area contributed by atoms with Crippen LogP contribution in [0.15, 0.2) is 18.3 Å². The van der Waals surface area contributed by atoms with Crippen LogP contribution >= 0.6 is 0 Å². The van der Waals surface area contributed by atoms with E-state index in [-0.39, 0.29) is 5.91 Å². The zero-order valence-corrected chi connectivity index (χ0v) is 10.9. The fourth-order valence-corrected chi connectivity index (χ4v) is 1.30. The Kier molecular flexibility index (Phi) is 4.90. The summed E-state index contributed by atoms with van der Waals surface area (Å²) in [7, 11) is 7.75. The number of aromatic nitrogens is 1. The number of anilines is 1. The molecule has 1 rings (SSSR count). The van der Waals surface area contributed by atoms with Crippen molar-refractivity contribution in [2.24, 2.45) is 0 Å². The van der Waals surface area contributed by atoms with Crippen LogP contribution in [0.5, 0.6) is 0 Å². The Morgan fingerprint density at radius 2 is 2.06 bits per heavy atom. The van der Waals surface area contributed by atoms with E-state index >= 15 is 0 Å². The van der Waals surface area contributed by atoms with Gasteiger partial charge in [-0.25, -0.2) is 4.98 Å². The molecular formula is C12H20N4O. The van der Waals surface area contributed by atoms with Crippen LogP contribution in [-0.4, -0.2) is 57.1 Å². The van der Waals surface area contributed by atoms with E-state index in [2.05, 4.69) is 10.3 Å². The number of nitrogens with zero attached hydrogens (tertiary/aromatic N) is 3. The van der Waals surface area contributed by atoms with Crippen molar-refractivity contribution in [2.75, 3.05) is 46.2 Å². The molecule has 0 saturated heterocycles. The number of carbonyl (C=O) groups excluding carboxylic acids is 1. The molecule has 0 aliphatic carbocycles. The normalized spacial score (nSPS) is 10.4. The molecule has 17 heavy (non-hydrogen) atoms. The summed E-state index contributed by atoms with van der Waals surface area (Å²) in [5.74, 6) is 0.725. The SMILES string of the molecule is CN(C)CCNC(=O)c1ccnc(N(C)C)c1. The number of pyridine rings is 1. The minimum absolute atomic E-state index is 0.0580. The van der Waals surface area contributed by atoms with E-state index in [1.807, 2.05) is 38.0 Å². The van der Waals surface area contributed by atoms with Gasteiger partial charge in [0.15, 0.2) is 0 Å². The molecule has 0 unspecified atom stereocenters. The van der Waals surface area contributed by atoms with Crippen LogP contribution in [-0.2, 0) is 0 Å². The van der Waals surface area contributed by atoms with Crippen molar-refractivity contribution in [3.63, 3.8) is 0 Å². The molecule has 0 aliphatic rings. The molecule has 1 aromatic rings. The number of likely N-dealkylation sites (N-methyl/N-ethyl adjacent to an activating group) is 1. The van der Waals surface area contributed by atoms with Gasteiger partial charge in [-0.2, -0.15) is 0 Å². The number of hydrogen-bond acceptors (Lipinski definition) is 4. The highest BCUT2D eigenvalue weighted by atomic mass is 16.1. The van der Waals surface area contributed by atoms with E-state index in [0.717, 1.165) is 12.4 Å². The van der Waals surface area contributed by atoms with Gasteiger partial charge in [0.05, 0.1) is 0 Å². The summed E-state index contributed by atoms with van der Waals surface area (Å²) in [6, 6.07) is 3.50. The summed E-state index contributed by atoms with van der Waals surface area (Å²) < 4.78 is 0. The number of nitrogens with one attached hydrogen (secondary N) is 1. The Morgan fingerprint density at radius 1 is 1.35 bits per heavy atom. The average molecular weight is 236 g/mol. The summed E-state index contributed by atoms with van der Waals surface area (Å²) in [6.07, 6.45) is 1.65.